The van der Waals surface area contributed by atoms with E-state index in [2.05, 4.69) is 49.4 Å². The first kappa shape index (κ1) is 19.3. The van der Waals surface area contributed by atoms with Gasteiger partial charge in [0.05, 0.1) is 12.2 Å². The number of nitrogens with zero attached hydrogens (tertiary/aromatic N) is 6. The molecule has 1 aliphatic heterocycles. The van der Waals surface area contributed by atoms with Crippen molar-refractivity contribution in [3.05, 3.63) is 65.5 Å². The van der Waals surface area contributed by atoms with E-state index in [1.807, 2.05) is 31.0 Å². The van der Waals surface area contributed by atoms with Crippen LogP contribution in [0.2, 0.25) is 0 Å². The third-order valence-electron chi connectivity index (χ3n) is 5.26. The van der Waals surface area contributed by atoms with E-state index in [1.54, 1.807) is 10.9 Å². The summed E-state index contributed by atoms with van der Waals surface area (Å²) in [5.41, 5.74) is 2.30. The highest BCUT2D eigenvalue weighted by Gasteiger charge is 2.31. The summed E-state index contributed by atoms with van der Waals surface area (Å²) in [4.78, 5) is 21.9. The van der Waals surface area contributed by atoms with Crippen LogP contribution >= 0.6 is 0 Å². The molecular formula is C21H27N7O. The summed E-state index contributed by atoms with van der Waals surface area (Å²) in [7, 11) is 0. The van der Waals surface area contributed by atoms with Crippen molar-refractivity contribution in [3.8, 4) is 0 Å². The summed E-state index contributed by atoms with van der Waals surface area (Å²) in [6.07, 6.45) is 4.58. The Morgan fingerprint density at radius 3 is 2.72 bits per heavy atom. The van der Waals surface area contributed by atoms with Crippen molar-refractivity contribution >= 4 is 5.91 Å². The van der Waals surface area contributed by atoms with Crippen LogP contribution in [0.5, 0.6) is 0 Å². The van der Waals surface area contributed by atoms with Crippen LogP contribution in [-0.2, 0) is 17.9 Å². The highest BCUT2D eigenvalue weighted by Crippen LogP contribution is 2.25. The summed E-state index contributed by atoms with van der Waals surface area (Å²) in [6, 6.07) is 10.4. The number of amides is 1. The van der Waals surface area contributed by atoms with Crippen LogP contribution in [-0.4, -0.2) is 60.3 Å². The van der Waals surface area contributed by atoms with E-state index in [-0.39, 0.29) is 18.5 Å². The third kappa shape index (κ3) is 4.71. The molecule has 0 spiro atoms. The van der Waals surface area contributed by atoms with Gasteiger partial charge >= 0.3 is 0 Å². The third-order valence-corrected chi connectivity index (χ3v) is 5.26. The lowest BCUT2D eigenvalue weighted by molar-refractivity contribution is -0.132. The summed E-state index contributed by atoms with van der Waals surface area (Å²) >= 11 is 0. The monoisotopic (exact) mass is 393 g/mol. The summed E-state index contributed by atoms with van der Waals surface area (Å²) in [6.45, 7) is 7.12. The fraction of sp³-hybridized carbons (Fsp3) is 0.429. The lowest BCUT2D eigenvalue weighted by Crippen LogP contribution is -2.39. The van der Waals surface area contributed by atoms with Crippen LogP contribution in [0.15, 0.2) is 42.7 Å². The molecule has 2 aromatic heterocycles. The number of hydrogen-bond acceptors (Lipinski definition) is 5. The molecule has 152 valence electrons. The molecule has 0 saturated carbocycles. The van der Waals surface area contributed by atoms with Gasteiger partial charge in [-0.05, 0) is 31.4 Å². The van der Waals surface area contributed by atoms with E-state index >= 15 is 0 Å². The molecule has 0 radical (unpaired) electrons. The molecule has 1 aliphatic rings. The zero-order valence-corrected chi connectivity index (χ0v) is 17.0. The van der Waals surface area contributed by atoms with Gasteiger partial charge < -0.3 is 4.90 Å². The average Bonchev–Trinajstić information content (AvgIpc) is 3.26. The number of carbonyl (C=O) groups excluding carboxylic acids is 1. The van der Waals surface area contributed by atoms with Gasteiger partial charge in [0, 0.05) is 32.4 Å². The number of H-pyrrole nitrogens is 1. The van der Waals surface area contributed by atoms with Crippen molar-refractivity contribution in [2.45, 2.75) is 39.4 Å². The van der Waals surface area contributed by atoms with Crippen molar-refractivity contribution in [1.82, 2.24) is 34.8 Å². The minimum Gasteiger partial charge on any atom is -0.339 e. The molecule has 1 aromatic carbocycles. The maximum absolute atomic E-state index is 13.0. The molecule has 1 atom stereocenters. The van der Waals surface area contributed by atoms with Gasteiger partial charge in [-0.3, -0.25) is 19.5 Å². The first-order valence-corrected chi connectivity index (χ1v) is 10.0. The van der Waals surface area contributed by atoms with Crippen LogP contribution in [0.3, 0.4) is 0 Å². The second kappa shape index (κ2) is 8.57. The average molecular weight is 393 g/mol. The molecule has 8 heteroatoms. The molecule has 4 rings (SSSR count). The van der Waals surface area contributed by atoms with Crippen molar-refractivity contribution in [2.75, 3.05) is 19.6 Å². The molecule has 8 nitrogen and oxygen atoms in total. The van der Waals surface area contributed by atoms with Crippen LogP contribution in [0.4, 0.5) is 0 Å². The maximum Gasteiger partial charge on any atom is 0.244 e. The minimum absolute atomic E-state index is 0.0500. The van der Waals surface area contributed by atoms with Crippen LogP contribution in [0, 0.1) is 13.8 Å². The van der Waals surface area contributed by atoms with Crippen LogP contribution < -0.4 is 0 Å². The largest absolute Gasteiger partial charge is 0.339 e. The molecule has 3 aromatic rings. The molecule has 29 heavy (non-hydrogen) atoms. The van der Waals surface area contributed by atoms with Crippen LogP contribution in [0.25, 0.3) is 0 Å². The molecular weight excluding hydrogens is 366 g/mol. The first-order valence-electron chi connectivity index (χ1n) is 10.0. The molecule has 1 N–H and O–H groups in total. The highest BCUT2D eigenvalue weighted by atomic mass is 16.2. The second-order valence-corrected chi connectivity index (χ2v) is 7.66. The minimum atomic E-state index is -0.0500. The van der Waals surface area contributed by atoms with Gasteiger partial charge in [0.1, 0.15) is 12.4 Å². The number of aryl methyl sites for hydroxylation is 2. The number of nitrogens with one attached hydrogen (secondary N) is 1. The van der Waals surface area contributed by atoms with E-state index in [0.717, 1.165) is 43.3 Å². The Balaban J connectivity index is 1.54. The van der Waals surface area contributed by atoms with E-state index < -0.39 is 0 Å². The number of aromatic nitrogens is 5. The predicted molar refractivity (Wildman–Crippen MR) is 109 cm³/mol. The summed E-state index contributed by atoms with van der Waals surface area (Å²) in [5.74, 6) is 1.61. The zero-order chi connectivity index (χ0) is 20.2. The van der Waals surface area contributed by atoms with Gasteiger partial charge in [-0.15, -0.1) is 0 Å². The maximum atomic E-state index is 13.0. The topological polar surface area (TPSA) is 82.9 Å². The van der Waals surface area contributed by atoms with Gasteiger partial charge in [0.2, 0.25) is 5.91 Å². The Kier molecular flexibility index (Phi) is 5.71. The lowest BCUT2D eigenvalue weighted by Gasteiger charge is -2.30. The van der Waals surface area contributed by atoms with E-state index in [0.29, 0.717) is 6.54 Å². The van der Waals surface area contributed by atoms with Crippen molar-refractivity contribution in [2.24, 2.45) is 0 Å². The van der Waals surface area contributed by atoms with Gasteiger partial charge in [-0.1, -0.05) is 30.3 Å². The van der Waals surface area contributed by atoms with E-state index in [4.69, 9.17) is 0 Å². The van der Waals surface area contributed by atoms with Gasteiger partial charge in [0.15, 0.2) is 5.82 Å². The predicted octanol–water partition coefficient (Wildman–Crippen LogP) is 2.09. The number of aromatic amines is 1. The number of rotatable bonds is 5. The number of benzene rings is 1. The summed E-state index contributed by atoms with van der Waals surface area (Å²) < 4.78 is 1.70. The van der Waals surface area contributed by atoms with Gasteiger partial charge in [0.25, 0.3) is 0 Å². The Bertz CT molecular complexity index is 949. The molecule has 1 saturated heterocycles. The summed E-state index contributed by atoms with van der Waals surface area (Å²) in [5, 5.41) is 11.6. The molecule has 1 fully saturated rings. The second-order valence-electron chi connectivity index (χ2n) is 7.66. The number of carbonyl (C=O) groups is 1. The van der Waals surface area contributed by atoms with Crippen molar-refractivity contribution in [3.63, 3.8) is 0 Å². The molecule has 3 heterocycles. The van der Waals surface area contributed by atoms with Crippen molar-refractivity contribution < 1.29 is 4.79 Å². The Morgan fingerprint density at radius 2 is 2.03 bits per heavy atom. The SMILES string of the molecule is Cc1cnn(CC(=O)N2CCCN(Cc3ccccc3)C(c3n[nH]c(C)n3)C2)c1. The Morgan fingerprint density at radius 1 is 1.21 bits per heavy atom. The quantitative estimate of drug-likeness (QED) is 0.718. The number of hydrogen-bond donors (Lipinski definition) is 1. The molecule has 0 aliphatic carbocycles. The fourth-order valence-corrected chi connectivity index (χ4v) is 3.82. The first-order chi connectivity index (χ1) is 14.1. The zero-order valence-electron chi connectivity index (χ0n) is 17.0. The standard InChI is InChI=1S/C21H27N7O/c1-16-11-22-28(12-16)15-20(29)27-10-6-9-26(13-18-7-4-3-5-8-18)19(14-27)21-23-17(2)24-25-21/h3-5,7-8,11-12,19H,6,9-10,13-15H2,1-2H3,(H,23,24,25). The van der Waals surface area contributed by atoms with E-state index in [1.165, 1.54) is 5.56 Å². The molecule has 1 unspecified atom stereocenters. The van der Waals surface area contributed by atoms with Crippen molar-refractivity contribution in [1.29, 1.82) is 0 Å². The van der Waals surface area contributed by atoms with Gasteiger partial charge in [-0.25, -0.2) is 4.98 Å². The van der Waals surface area contributed by atoms with Gasteiger partial charge in [-0.2, -0.15) is 10.2 Å². The Hall–Kier alpha value is -3.00. The normalized spacial score (nSPS) is 18.0. The fourth-order valence-electron chi connectivity index (χ4n) is 3.82. The molecule has 0 bridgehead atoms. The van der Waals surface area contributed by atoms with Crippen LogP contribution in [0.1, 0.15) is 35.2 Å². The highest BCUT2D eigenvalue weighted by molar-refractivity contribution is 5.76. The lowest BCUT2D eigenvalue weighted by atomic mass is 10.1. The van der Waals surface area contributed by atoms with E-state index in [9.17, 15) is 4.79 Å². The Labute approximate surface area is 170 Å². The molecule has 1 amide bonds. The smallest absolute Gasteiger partial charge is 0.244 e.